The lowest BCUT2D eigenvalue weighted by Crippen LogP contribution is -2.42. The number of nitrogens with two attached hydrogens (primary N) is 1. The molecule has 1 amide bonds. The second kappa shape index (κ2) is 3.09. The third-order valence-corrected chi connectivity index (χ3v) is 2.34. The summed E-state index contributed by atoms with van der Waals surface area (Å²) in [5.74, 6) is 0.548. The van der Waals surface area contributed by atoms with E-state index in [0.29, 0.717) is 12.3 Å². The van der Waals surface area contributed by atoms with Crippen molar-refractivity contribution in [3.63, 3.8) is 0 Å². The van der Waals surface area contributed by atoms with Crippen molar-refractivity contribution in [2.45, 2.75) is 31.8 Å². The molecule has 1 aromatic rings. The molecule has 1 fully saturated rings. The van der Waals surface area contributed by atoms with Gasteiger partial charge in [-0.2, -0.15) is 0 Å². The van der Waals surface area contributed by atoms with Gasteiger partial charge >= 0.3 is 0 Å². The van der Waals surface area contributed by atoms with Crippen molar-refractivity contribution >= 4 is 5.91 Å². The largest absolute Gasteiger partial charge is 0.359 e. The number of carbonyl (C=O) groups excluding carboxylic acids is 1. The molecule has 0 aromatic carbocycles. The molecular formula is C9H13N3O2. The van der Waals surface area contributed by atoms with Gasteiger partial charge in [0.05, 0.1) is 17.8 Å². The van der Waals surface area contributed by atoms with Crippen LogP contribution in [-0.2, 0) is 11.3 Å². The molecule has 0 spiro atoms. The molecule has 5 heteroatoms. The van der Waals surface area contributed by atoms with E-state index in [-0.39, 0.29) is 5.91 Å². The molecule has 14 heavy (non-hydrogen) atoms. The lowest BCUT2D eigenvalue weighted by atomic mass is 10.2. The summed E-state index contributed by atoms with van der Waals surface area (Å²) in [7, 11) is 0. The summed E-state index contributed by atoms with van der Waals surface area (Å²) in [6.45, 7) is 2.19. The van der Waals surface area contributed by atoms with Crippen molar-refractivity contribution in [1.29, 1.82) is 0 Å². The quantitative estimate of drug-likeness (QED) is 0.716. The first-order chi connectivity index (χ1) is 6.60. The molecule has 1 aromatic heterocycles. The minimum Gasteiger partial charge on any atom is -0.359 e. The number of rotatable bonds is 3. The van der Waals surface area contributed by atoms with Crippen LogP contribution < -0.4 is 11.1 Å². The number of hydrogen-bond acceptors (Lipinski definition) is 4. The molecule has 0 bridgehead atoms. The lowest BCUT2D eigenvalue weighted by Gasteiger charge is -2.07. The third kappa shape index (κ3) is 1.77. The number of nitrogens with one attached hydrogen (secondary N) is 1. The first-order valence-corrected chi connectivity index (χ1v) is 4.59. The smallest absolute Gasteiger partial charge is 0.240 e. The highest BCUT2D eigenvalue weighted by Crippen LogP contribution is 2.32. The molecule has 0 saturated heterocycles. The lowest BCUT2D eigenvalue weighted by molar-refractivity contribution is -0.123. The average Bonchev–Trinajstić information content (AvgIpc) is 2.76. The molecule has 0 atom stereocenters. The normalized spacial score (nSPS) is 17.9. The Bertz CT molecular complexity index is 355. The van der Waals surface area contributed by atoms with Crippen LogP contribution in [0.1, 0.15) is 24.3 Å². The second-order valence-electron chi connectivity index (χ2n) is 3.77. The van der Waals surface area contributed by atoms with Gasteiger partial charge in [0.2, 0.25) is 5.91 Å². The van der Waals surface area contributed by atoms with E-state index in [4.69, 9.17) is 10.3 Å². The van der Waals surface area contributed by atoms with Crippen molar-refractivity contribution in [2.24, 2.45) is 5.73 Å². The van der Waals surface area contributed by atoms with Crippen molar-refractivity contribution in [2.75, 3.05) is 0 Å². The fraction of sp³-hybridized carbons (Fsp3) is 0.556. The van der Waals surface area contributed by atoms with Gasteiger partial charge in [-0.15, -0.1) is 0 Å². The van der Waals surface area contributed by atoms with E-state index in [2.05, 4.69) is 10.5 Å². The maximum absolute atomic E-state index is 11.4. The van der Waals surface area contributed by atoms with Crippen LogP contribution in [0.25, 0.3) is 0 Å². The minimum absolute atomic E-state index is 0.105. The molecule has 0 unspecified atom stereocenters. The first-order valence-electron chi connectivity index (χ1n) is 4.59. The second-order valence-corrected chi connectivity index (χ2v) is 3.77. The van der Waals surface area contributed by atoms with Gasteiger partial charge in [-0.3, -0.25) is 4.79 Å². The summed E-state index contributed by atoms with van der Waals surface area (Å²) >= 11 is 0. The molecule has 2 rings (SSSR count). The number of hydrogen-bond donors (Lipinski definition) is 2. The SMILES string of the molecule is Cc1cc(CNC(=O)C2(N)CC2)on1. The zero-order chi connectivity index (χ0) is 10.2. The van der Waals surface area contributed by atoms with E-state index in [0.717, 1.165) is 18.5 Å². The summed E-state index contributed by atoms with van der Waals surface area (Å²) < 4.78 is 4.94. The van der Waals surface area contributed by atoms with E-state index in [9.17, 15) is 4.79 Å². The third-order valence-electron chi connectivity index (χ3n) is 2.34. The minimum atomic E-state index is -0.616. The number of carbonyl (C=O) groups is 1. The Hall–Kier alpha value is -1.36. The van der Waals surface area contributed by atoms with Crippen LogP contribution in [0.5, 0.6) is 0 Å². The van der Waals surface area contributed by atoms with Crippen LogP contribution in [0, 0.1) is 6.92 Å². The Morgan fingerprint density at radius 1 is 1.79 bits per heavy atom. The Morgan fingerprint density at radius 2 is 2.50 bits per heavy atom. The summed E-state index contributed by atoms with van der Waals surface area (Å²) in [4.78, 5) is 11.4. The first kappa shape index (κ1) is 9.21. The fourth-order valence-electron chi connectivity index (χ4n) is 1.20. The highest BCUT2D eigenvalue weighted by Gasteiger charge is 2.45. The van der Waals surface area contributed by atoms with Crippen molar-refractivity contribution in [3.05, 3.63) is 17.5 Å². The van der Waals surface area contributed by atoms with E-state index >= 15 is 0 Å². The summed E-state index contributed by atoms with van der Waals surface area (Å²) in [6, 6.07) is 1.79. The molecule has 1 saturated carbocycles. The molecule has 5 nitrogen and oxygen atoms in total. The van der Waals surface area contributed by atoms with E-state index < -0.39 is 5.54 Å². The highest BCUT2D eigenvalue weighted by atomic mass is 16.5. The van der Waals surface area contributed by atoms with Crippen molar-refractivity contribution in [3.8, 4) is 0 Å². The molecular weight excluding hydrogens is 182 g/mol. The maximum atomic E-state index is 11.4. The zero-order valence-electron chi connectivity index (χ0n) is 8.04. The van der Waals surface area contributed by atoms with E-state index in [1.165, 1.54) is 0 Å². The molecule has 1 aliphatic rings. The molecule has 0 radical (unpaired) electrons. The van der Waals surface area contributed by atoms with Gasteiger partial charge in [0.1, 0.15) is 0 Å². The molecule has 1 heterocycles. The molecule has 0 aliphatic heterocycles. The van der Waals surface area contributed by atoms with Crippen LogP contribution in [0.2, 0.25) is 0 Å². The number of nitrogens with zero attached hydrogens (tertiary/aromatic N) is 1. The van der Waals surface area contributed by atoms with Gasteiger partial charge in [0, 0.05) is 6.07 Å². The van der Waals surface area contributed by atoms with Crippen LogP contribution in [0.15, 0.2) is 10.6 Å². The summed E-state index contributed by atoms with van der Waals surface area (Å²) in [5, 5.41) is 6.43. The number of aromatic nitrogens is 1. The van der Waals surface area contributed by atoms with Crippen LogP contribution >= 0.6 is 0 Å². The van der Waals surface area contributed by atoms with Crippen LogP contribution in [-0.4, -0.2) is 16.6 Å². The van der Waals surface area contributed by atoms with Gasteiger partial charge in [-0.1, -0.05) is 5.16 Å². The van der Waals surface area contributed by atoms with E-state index in [1.54, 1.807) is 6.07 Å². The topological polar surface area (TPSA) is 81.2 Å². The van der Waals surface area contributed by atoms with Gasteiger partial charge in [-0.05, 0) is 19.8 Å². The summed E-state index contributed by atoms with van der Waals surface area (Å²) in [5.41, 5.74) is 5.89. The Balaban J connectivity index is 1.85. The summed E-state index contributed by atoms with van der Waals surface area (Å²) in [6.07, 6.45) is 1.54. The Labute approximate surface area is 81.6 Å². The van der Waals surface area contributed by atoms with Gasteiger partial charge in [0.15, 0.2) is 5.76 Å². The predicted molar refractivity (Wildman–Crippen MR) is 49.2 cm³/mol. The van der Waals surface area contributed by atoms with Gasteiger partial charge in [-0.25, -0.2) is 0 Å². The average molecular weight is 195 g/mol. The molecule has 3 N–H and O–H groups in total. The highest BCUT2D eigenvalue weighted by molar-refractivity contribution is 5.88. The van der Waals surface area contributed by atoms with E-state index in [1.807, 2.05) is 6.92 Å². The standard InChI is InChI=1S/C9H13N3O2/c1-6-4-7(14-12-6)5-11-8(13)9(10)2-3-9/h4H,2-3,5,10H2,1H3,(H,11,13). The van der Waals surface area contributed by atoms with Crippen LogP contribution in [0.4, 0.5) is 0 Å². The molecule has 76 valence electrons. The van der Waals surface area contributed by atoms with Crippen LogP contribution in [0.3, 0.4) is 0 Å². The fourth-order valence-corrected chi connectivity index (χ4v) is 1.20. The monoisotopic (exact) mass is 195 g/mol. The predicted octanol–water partition coefficient (Wildman–Crippen LogP) is 0.0905. The maximum Gasteiger partial charge on any atom is 0.240 e. The Kier molecular flexibility index (Phi) is 2.03. The zero-order valence-corrected chi connectivity index (χ0v) is 8.04. The Morgan fingerprint density at radius 3 is 3.00 bits per heavy atom. The van der Waals surface area contributed by atoms with Gasteiger partial charge in [0.25, 0.3) is 0 Å². The van der Waals surface area contributed by atoms with Crippen molar-refractivity contribution < 1.29 is 9.32 Å². The molecule has 1 aliphatic carbocycles. The van der Waals surface area contributed by atoms with Crippen molar-refractivity contribution in [1.82, 2.24) is 10.5 Å². The van der Waals surface area contributed by atoms with Gasteiger partial charge < -0.3 is 15.6 Å². The number of aryl methyl sites for hydroxylation is 1. The number of amides is 1.